The average molecular weight is 596 g/mol. The molecule has 0 heterocycles. The van der Waals surface area contributed by atoms with Crippen LogP contribution in [0.4, 0.5) is 5.69 Å². The summed E-state index contributed by atoms with van der Waals surface area (Å²) in [4.78, 5) is 29.7. The second-order valence-electron chi connectivity index (χ2n) is 10.8. The fourth-order valence-electron chi connectivity index (χ4n) is 5.32. The summed E-state index contributed by atoms with van der Waals surface area (Å²) in [5, 5.41) is 3.57. The van der Waals surface area contributed by atoms with Gasteiger partial charge < -0.3 is 10.2 Å². The maximum atomic E-state index is 14.2. The molecule has 0 radical (unpaired) electrons. The Balaban J connectivity index is 1.72. The first kappa shape index (κ1) is 30.6. The van der Waals surface area contributed by atoms with Crippen molar-refractivity contribution in [2.75, 3.05) is 17.1 Å². The Labute approximate surface area is 248 Å². The second kappa shape index (κ2) is 14.0. The van der Waals surface area contributed by atoms with E-state index in [1.165, 1.54) is 4.90 Å². The lowest BCUT2D eigenvalue weighted by molar-refractivity contribution is -0.140. The fraction of sp³-hybridized carbons (Fsp3) is 0.375. The summed E-state index contributed by atoms with van der Waals surface area (Å²) in [5.74, 6) is -0.701. The van der Waals surface area contributed by atoms with E-state index in [1.807, 2.05) is 60.7 Å². The third kappa shape index (κ3) is 8.57. The van der Waals surface area contributed by atoms with E-state index in [9.17, 15) is 18.0 Å². The lowest BCUT2D eigenvalue weighted by Gasteiger charge is -2.35. The van der Waals surface area contributed by atoms with E-state index in [-0.39, 0.29) is 18.5 Å². The first-order valence-electron chi connectivity index (χ1n) is 14.0. The minimum absolute atomic E-state index is 0.0600. The molecule has 3 aromatic rings. The number of amides is 2. The zero-order valence-electron chi connectivity index (χ0n) is 23.6. The highest BCUT2D eigenvalue weighted by Gasteiger charge is 2.34. The normalized spacial score (nSPS) is 14.7. The number of sulfonamides is 1. The van der Waals surface area contributed by atoms with Gasteiger partial charge in [-0.25, -0.2) is 8.42 Å². The molecule has 3 aromatic carbocycles. The van der Waals surface area contributed by atoms with E-state index in [0.29, 0.717) is 22.7 Å². The van der Waals surface area contributed by atoms with Crippen LogP contribution < -0.4 is 9.62 Å². The Morgan fingerprint density at radius 3 is 2.15 bits per heavy atom. The van der Waals surface area contributed by atoms with Gasteiger partial charge >= 0.3 is 0 Å². The molecule has 0 saturated heterocycles. The molecule has 1 aliphatic carbocycles. The van der Waals surface area contributed by atoms with Crippen molar-refractivity contribution in [3.8, 4) is 0 Å². The largest absolute Gasteiger partial charge is 0.352 e. The Morgan fingerprint density at radius 1 is 0.927 bits per heavy atom. The Bertz CT molecular complexity index is 1430. The van der Waals surface area contributed by atoms with E-state index in [0.717, 1.165) is 53.8 Å². The van der Waals surface area contributed by atoms with Gasteiger partial charge in [-0.2, -0.15) is 0 Å². The van der Waals surface area contributed by atoms with Gasteiger partial charge in [-0.1, -0.05) is 97.6 Å². The van der Waals surface area contributed by atoms with Gasteiger partial charge in [0.25, 0.3) is 0 Å². The predicted octanol–water partition coefficient (Wildman–Crippen LogP) is 5.50. The van der Waals surface area contributed by atoms with Crippen LogP contribution in [0.3, 0.4) is 0 Å². The summed E-state index contributed by atoms with van der Waals surface area (Å²) in [5.41, 5.74) is 2.75. The van der Waals surface area contributed by atoms with Gasteiger partial charge in [0.05, 0.1) is 11.9 Å². The van der Waals surface area contributed by atoms with Crippen LogP contribution in [-0.4, -0.2) is 50.0 Å². The van der Waals surface area contributed by atoms with Crippen molar-refractivity contribution in [2.24, 2.45) is 0 Å². The molecule has 0 aromatic heterocycles. The Hall–Kier alpha value is -3.36. The van der Waals surface area contributed by atoms with Crippen LogP contribution >= 0.6 is 11.6 Å². The van der Waals surface area contributed by atoms with Gasteiger partial charge in [0.15, 0.2) is 0 Å². The van der Waals surface area contributed by atoms with Crippen molar-refractivity contribution in [1.82, 2.24) is 10.2 Å². The molecule has 7 nitrogen and oxygen atoms in total. The minimum atomic E-state index is -3.86. The lowest BCUT2D eigenvalue weighted by atomic mass is 9.94. The van der Waals surface area contributed by atoms with Crippen LogP contribution in [0.1, 0.15) is 48.8 Å². The maximum absolute atomic E-state index is 14.2. The van der Waals surface area contributed by atoms with Crippen molar-refractivity contribution in [2.45, 2.75) is 64.1 Å². The van der Waals surface area contributed by atoms with E-state index in [2.05, 4.69) is 5.32 Å². The van der Waals surface area contributed by atoms with E-state index in [1.54, 1.807) is 25.1 Å². The average Bonchev–Trinajstić information content (AvgIpc) is 2.96. The highest BCUT2D eigenvalue weighted by atomic mass is 35.5. The topological polar surface area (TPSA) is 86.8 Å². The van der Waals surface area contributed by atoms with E-state index in [4.69, 9.17) is 11.6 Å². The molecule has 1 fully saturated rings. The predicted molar refractivity (Wildman–Crippen MR) is 164 cm³/mol. The molecule has 4 rings (SSSR count). The van der Waals surface area contributed by atoms with Gasteiger partial charge in [0.2, 0.25) is 21.8 Å². The molecule has 0 aliphatic heterocycles. The van der Waals surface area contributed by atoms with Gasteiger partial charge in [-0.3, -0.25) is 13.9 Å². The number of nitrogens with one attached hydrogen (secondary N) is 1. The zero-order chi connectivity index (χ0) is 29.4. The number of hydrogen-bond donors (Lipinski definition) is 1. The number of nitrogens with zero attached hydrogens (tertiary/aromatic N) is 2. The van der Waals surface area contributed by atoms with Gasteiger partial charge in [-0.05, 0) is 48.6 Å². The van der Waals surface area contributed by atoms with Gasteiger partial charge in [0, 0.05) is 24.0 Å². The molecule has 9 heteroatoms. The van der Waals surface area contributed by atoms with Gasteiger partial charge in [-0.15, -0.1) is 0 Å². The second-order valence-corrected chi connectivity index (χ2v) is 13.1. The van der Waals surface area contributed by atoms with Crippen molar-refractivity contribution in [3.05, 3.63) is 101 Å². The number of carbonyl (C=O) groups is 2. The molecular weight excluding hydrogens is 558 g/mol. The lowest BCUT2D eigenvalue weighted by Crippen LogP contribution is -2.55. The van der Waals surface area contributed by atoms with Crippen molar-refractivity contribution < 1.29 is 18.0 Å². The smallest absolute Gasteiger partial charge is 0.244 e. The quantitative estimate of drug-likeness (QED) is 0.317. The van der Waals surface area contributed by atoms with Crippen LogP contribution in [0.2, 0.25) is 5.02 Å². The monoisotopic (exact) mass is 595 g/mol. The summed E-state index contributed by atoms with van der Waals surface area (Å²) in [6.07, 6.45) is 6.46. The molecule has 1 saturated carbocycles. The number of hydrogen-bond acceptors (Lipinski definition) is 4. The molecular formula is C32H38ClN3O4S. The van der Waals surface area contributed by atoms with Crippen molar-refractivity contribution in [1.29, 1.82) is 0 Å². The van der Waals surface area contributed by atoms with E-state index >= 15 is 0 Å². The van der Waals surface area contributed by atoms with E-state index < -0.39 is 28.5 Å². The van der Waals surface area contributed by atoms with Crippen LogP contribution in [0, 0.1) is 6.92 Å². The van der Waals surface area contributed by atoms with Crippen LogP contribution in [0.5, 0.6) is 0 Å². The first-order valence-corrected chi connectivity index (χ1v) is 16.3. The number of aryl methyl sites for hydroxylation is 1. The number of benzene rings is 3. The van der Waals surface area contributed by atoms with Crippen LogP contribution in [0.25, 0.3) is 0 Å². The molecule has 0 bridgehead atoms. The van der Waals surface area contributed by atoms with Crippen LogP contribution in [0.15, 0.2) is 78.9 Å². The van der Waals surface area contributed by atoms with Gasteiger partial charge in [0.1, 0.15) is 12.6 Å². The van der Waals surface area contributed by atoms with Crippen LogP contribution in [-0.2, 0) is 32.6 Å². The molecule has 1 aliphatic rings. The number of anilines is 1. The molecule has 2 amide bonds. The Morgan fingerprint density at radius 2 is 1.54 bits per heavy atom. The molecule has 0 spiro atoms. The molecule has 218 valence electrons. The molecule has 1 atom stereocenters. The number of carbonyl (C=O) groups excluding carboxylic acids is 2. The number of rotatable bonds is 11. The maximum Gasteiger partial charge on any atom is 0.244 e. The third-order valence-corrected chi connectivity index (χ3v) is 8.90. The summed E-state index contributed by atoms with van der Waals surface area (Å²) < 4.78 is 27.1. The standard InChI is InChI=1S/C32H38ClN3O4S/c1-24-18-19-27(33)21-29(24)36(41(2,39)40)23-31(37)35(22-26-14-8-4-9-15-26)30(20-25-12-6-3-7-13-25)32(38)34-28-16-10-5-11-17-28/h3-4,6-9,12-15,18-19,21,28,30H,5,10-11,16-17,20,22-23H2,1-2H3,(H,34,38). The summed E-state index contributed by atoms with van der Waals surface area (Å²) >= 11 is 6.22. The summed E-state index contributed by atoms with van der Waals surface area (Å²) in [6.45, 7) is 1.46. The minimum Gasteiger partial charge on any atom is -0.352 e. The molecule has 41 heavy (non-hydrogen) atoms. The third-order valence-electron chi connectivity index (χ3n) is 7.54. The fourth-order valence-corrected chi connectivity index (χ4v) is 6.39. The summed E-state index contributed by atoms with van der Waals surface area (Å²) in [7, 11) is -3.86. The van der Waals surface area contributed by atoms with Crippen molar-refractivity contribution >= 4 is 39.1 Å². The molecule has 1 N–H and O–H groups in total. The summed E-state index contributed by atoms with van der Waals surface area (Å²) in [6, 6.07) is 23.2. The number of halogens is 1. The first-order chi connectivity index (χ1) is 19.6. The SMILES string of the molecule is Cc1ccc(Cl)cc1N(CC(=O)N(Cc1ccccc1)C(Cc1ccccc1)C(=O)NC1CCCCC1)S(C)(=O)=O. The molecule has 1 unspecified atom stereocenters. The zero-order valence-corrected chi connectivity index (χ0v) is 25.2. The highest BCUT2D eigenvalue weighted by molar-refractivity contribution is 7.92. The highest BCUT2D eigenvalue weighted by Crippen LogP contribution is 2.27. The van der Waals surface area contributed by atoms with Crippen molar-refractivity contribution in [3.63, 3.8) is 0 Å². The Kier molecular flexibility index (Phi) is 10.5.